The third kappa shape index (κ3) is 2.43. The first kappa shape index (κ1) is 13.9. The Bertz CT molecular complexity index is 685. The Balaban J connectivity index is 2.43. The summed E-state index contributed by atoms with van der Waals surface area (Å²) in [6.07, 6.45) is 0. The van der Waals surface area contributed by atoms with Crippen LogP contribution in [-0.2, 0) is 0 Å². The summed E-state index contributed by atoms with van der Waals surface area (Å²) in [5, 5.41) is 13.0. The summed E-state index contributed by atoms with van der Waals surface area (Å²) < 4.78 is 21.0. The van der Waals surface area contributed by atoms with Gasteiger partial charge in [0, 0.05) is 0 Å². The minimum absolute atomic E-state index is 0.0116. The number of hydrogen-bond donors (Lipinski definition) is 1. The van der Waals surface area contributed by atoms with Crippen molar-refractivity contribution in [3.8, 4) is 17.7 Å². The molecule has 2 N–H and O–H groups in total. The van der Waals surface area contributed by atoms with Gasteiger partial charge in [-0.15, -0.1) is 0 Å². The van der Waals surface area contributed by atoms with Crippen LogP contribution in [0.2, 0.25) is 0 Å². The van der Waals surface area contributed by atoms with Crippen molar-refractivity contribution in [3.05, 3.63) is 35.3 Å². The molecular formula is C14H15FN4O. The SMILES string of the molecule is Cc1nn(C(C)C)c(Oc2ccc(C#N)cc2F)c1N. The fourth-order valence-corrected chi connectivity index (χ4v) is 1.75. The molecule has 1 aromatic carbocycles. The van der Waals surface area contributed by atoms with Crippen LogP contribution in [-0.4, -0.2) is 9.78 Å². The summed E-state index contributed by atoms with van der Waals surface area (Å²) in [6, 6.07) is 5.90. The van der Waals surface area contributed by atoms with E-state index in [0.29, 0.717) is 17.3 Å². The number of nitrogen functional groups attached to an aromatic ring is 1. The highest BCUT2D eigenvalue weighted by Crippen LogP contribution is 2.33. The maximum Gasteiger partial charge on any atom is 0.241 e. The summed E-state index contributed by atoms with van der Waals surface area (Å²) in [4.78, 5) is 0. The van der Waals surface area contributed by atoms with Crippen LogP contribution in [0, 0.1) is 24.1 Å². The number of nitrogens with zero attached hydrogens (tertiary/aromatic N) is 3. The minimum atomic E-state index is -0.613. The second kappa shape index (κ2) is 5.21. The number of hydrogen-bond acceptors (Lipinski definition) is 4. The van der Waals surface area contributed by atoms with Gasteiger partial charge in [-0.1, -0.05) is 0 Å². The molecule has 2 aromatic rings. The fraction of sp³-hybridized carbons (Fsp3) is 0.286. The Kier molecular flexibility index (Phi) is 3.61. The monoisotopic (exact) mass is 274 g/mol. The summed E-state index contributed by atoms with van der Waals surface area (Å²) in [5.74, 6) is -0.295. The van der Waals surface area contributed by atoms with Gasteiger partial charge < -0.3 is 10.5 Å². The Morgan fingerprint density at radius 2 is 2.15 bits per heavy atom. The molecule has 5 nitrogen and oxygen atoms in total. The second-order valence-electron chi connectivity index (χ2n) is 4.70. The largest absolute Gasteiger partial charge is 0.434 e. The molecule has 6 heteroatoms. The molecule has 2 rings (SSSR count). The summed E-state index contributed by atoms with van der Waals surface area (Å²) in [5.41, 5.74) is 7.15. The lowest BCUT2D eigenvalue weighted by atomic mass is 10.2. The van der Waals surface area contributed by atoms with E-state index in [1.165, 1.54) is 12.1 Å². The van der Waals surface area contributed by atoms with E-state index in [4.69, 9.17) is 15.7 Å². The molecule has 0 aliphatic rings. The Morgan fingerprint density at radius 1 is 1.45 bits per heavy atom. The van der Waals surface area contributed by atoms with Crippen LogP contribution in [0.5, 0.6) is 11.6 Å². The molecule has 0 atom stereocenters. The maximum atomic E-state index is 13.8. The number of anilines is 1. The topological polar surface area (TPSA) is 76.9 Å². The number of nitrogens with two attached hydrogens (primary N) is 1. The standard InChI is InChI=1S/C14H15FN4O/c1-8(2)19-14(13(17)9(3)18-19)20-12-5-4-10(7-16)6-11(12)15/h4-6,8H,17H2,1-3H3. The van der Waals surface area contributed by atoms with Crippen LogP contribution in [0.4, 0.5) is 10.1 Å². The summed E-state index contributed by atoms with van der Waals surface area (Å²) >= 11 is 0. The van der Waals surface area contributed by atoms with Gasteiger partial charge in [-0.2, -0.15) is 10.4 Å². The first-order valence-corrected chi connectivity index (χ1v) is 6.16. The molecule has 1 aromatic heterocycles. The molecule has 0 unspecified atom stereocenters. The minimum Gasteiger partial charge on any atom is -0.434 e. The van der Waals surface area contributed by atoms with Gasteiger partial charge >= 0.3 is 0 Å². The van der Waals surface area contributed by atoms with Gasteiger partial charge in [0.25, 0.3) is 0 Å². The molecule has 0 aliphatic carbocycles. The lowest BCUT2D eigenvalue weighted by molar-refractivity contribution is 0.373. The normalized spacial score (nSPS) is 10.6. The molecule has 0 radical (unpaired) electrons. The molecule has 0 fully saturated rings. The molecular weight excluding hydrogens is 259 g/mol. The number of benzene rings is 1. The number of rotatable bonds is 3. The van der Waals surface area contributed by atoms with E-state index in [2.05, 4.69) is 5.10 Å². The van der Waals surface area contributed by atoms with E-state index in [1.807, 2.05) is 19.9 Å². The van der Waals surface area contributed by atoms with Crippen molar-refractivity contribution in [1.82, 2.24) is 9.78 Å². The van der Waals surface area contributed by atoms with Crippen LogP contribution < -0.4 is 10.5 Å². The van der Waals surface area contributed by atoms with E-state index in [1.54, 1.807) is 11.6 Å². The van der Waals surface area contributed by atoms with Crippen molar-refractivity contribution < 1.29 is 9.13 Å². The number of aromatic nitrogens is 2. The summed E-state index contributed by atoms with van der Waals surface area (Å²) in [7, 11) is 0. The third-order valence-electron chi connectivity index (χ3n) is 2.84. The molecule has 0 spiro atoms. The predicted octanol–water partition coefficient (Wildman–Crippen LogP) is 3.16. The maximum absolute atomic E-state index is 13.8. The Labute approximate surface area is 116 Å². The van der Waals surface area contributed by atoms with Crippen molar-refractivity contribution in [1.29, 1.82) is 5.26 Å². The average Bonchev–Trinajstić information content (AvgIpc) is 2.69. The third-order valence-corrected chi connectivity index (χ3v) is 2.84. The van der Waals surface area contributed by atoms with Gasteiger partial charge in [-0.3, -0.25) is 0 Å². The quantitative estimate of drug-likeness (QED) is 0.932. The molecule has 104 valence electrons. The highest BCUT2D eigenvalue weighted by atomic mass is 19.1. The average molecular weight is 274 g/mol. The van der Waals surface area contributed by atoms with Gasteiger partial charge in [0.05, 0.1) is 23.4 Å². The van der Waals surface area contributed by atoms with Gasteiger partial charge in [0.1, 0.15) is 5.69 Å². The number of halogens is 1. The van der Waals surface area contributed by atoms with E-state index in [9.17, 15) is 4.39 Å². The van der Waals surface area contributed by atoms with Crippen LogP contribution in [0.3, 0.4) is 0 Å². The molecule has 0 aliphatic heterocycles. The zero-order valence-corrected chi connectivity index (χ0v) is 11.5. The predicted molar refractivity (Wildman–Crippen MR) is 73.0 cm³/mol. The van der Waals surface area contributed by atoms with E-state index in [0.717, 1.165) is 6.07 Å². The number of ether oxygens (including phenoxy) is 1. The highest BCUT2D eigenvalue weighted by Gasteiger charge is 2.18. The van der Waals surface area contributed by atoms with Gasteiger partial charge in [-0.05, 0) is 39.0 Å². The number of aryl methyl sites for hydroxylation is 1. The summed E-state index contributed by atoms with van der Waals surface area (Å²) in [6.45, 7) is 5.61. The fourth-order valence-electron chi connectivity index (χ4n) is 1.75. The highest BCUT2D eigenvalue weighted by molar-refractivity contribution is 5.54. The van der Waals surface area contributed by atoms with Crippen LogP contribution in [0.1, 0.15) is 31.1 Å². The van der Waals surface area contributed by atoms with Crippen molar-refractivity contribution in [2.24, 2.45) is 0 Å². The molecule has 0 amide bonds. The molecule has 0 saturated carbocycles. The van der Waals surface area contributed by atoms with E-state index >= 15 is 0 Å². The zero-order valence-electron chi connectivity index (χ0n) is 11.5. The molecule has 0 saturated heterocycles. The van der Waals surface area contributed by atoms with Crippen LogP contribution in [0.25, 0.3) is 0 Å². The molecule has 20 heavy (non-hydrogen) atoms. The molecule has 1 heterocycles. The van der Waals surface area contributed by atoms with Crippen molar-refractivity contribution in [2.75, 3.05) is 5.73 Å². The van der Waals surface area contributed by atoms with Crippen LogP contribution >= 0.6 is 0 Å². The zero-order chi connectivity index (χ0) is 14.9. The van der Waals surface area contributed by atoms with Crippen molar-refractivity contribution >= 4 is 5.69 Å². The first-order valence-electron chi connectivity index (χ1n) is 6.16. The van der Waals surface area contributed by atoms with Gasteiger partial charge in [0.2, 0.25) is 5.88 Å². The smallest absolute Gasteiger partial charge is 0.241 e. The van der Waals surface area contributed by atoms with Gasteiger partial charge in [0.15, 0.2) is 11.6 Å². The van der Waals surface area contributed by atoms with Gasteiger partial charge in [-0.25, -0.2) is 9.07 Å². The van der Waals surface area contributed by atoms with Crippen molar-refractivity contribution in [2.45, 2.75) is 26.8 Å². The van der Waals surface area contributed by atoms with E-state index in [-0.39, 0.29) is 17.4 Å². The Morgan fingerprint density at radius 3 is 2.70 bits per heavy atom. The van der Waals surface area contributed by atoms with Crippen LogP contribution in [0.15, 0.2) is 18.2 Å². The first-order chi connectivity index (χ1) is 9.43. The lowest BCUT2D eigenvalue weighted by Gasteiger charge is -2.12. The number of nitriles is 1. The lowest BCUT2D eigenvalue weighted by Crippen LogP contribution is -2.06. The Hall–Kier alpha value is -2.55. The second-order valence-corrected chi connectivity index (χ2v) is 4.70. The van der Waals surface area contributed by atoms with Crippen molar-refractivity contribution in [3.63, 3.8) is 0 Å². The molecule has 0 bridgehead atoms. The van der Waals surface area contributed by atoms with E-state index < -0.39 is 5.82 Å².